The summed E-state index contributed by atoms with van der Waals surface area (Å²) < 4.78 is 0. The van der Waals surface area contributed by atoms with E-state index in [4.69, 9.17) is 0 Å². The first kappa shape index (κ1) is 8.96. The summed E-state index contributed by atoms with van der Waals surface area (Å²) in [5.74, 6) is 1.45. The van der Waals surface area contributed by atoms with Crippen molar-refractivity contribution in [1.29, 1.82) is 0 Å². The Labute approximate surface area is 92.4 Å². The number of para-hydroxylation sites is 1. The largest absolute Gasteiger partial charge is 0.341 e. The summed E-state index contributed by atoms with van der Waals surface area (Å²) in [5.41, 5.74) is 0.984. The molecule has 3 rings (SSSR count). The number of benzene rings is 1. The van der Waals surface area contributed by atoms with Crippen molar-refractivity contribution in [2.24, 2.45) is 20.0 Å². The second kappa shape index (κ2) is 3.69. The normalized spacial score (nSPS) is 21.4. The molecule has 0 fully saturated rings. The molecule has 1 aromatic carbocycles. The number of fused-ring (bicyclic) bond motifs is 1. The predicted molar refractivity (Wildman–Crippen MR) is 65.7 cm³/mol. The van der Waals surface area contributed by atoms with Gasteiger partial charge in [-0.1, -0.05) is 18.2 Å². The number of rotatable bonds is 1. The molecule has 2 aliphatic rings. The van der Waals surface area contributed by atoms with E-state index in [-0.39, 0.29) is 6.04 Å². The molecule has 5 nitrogen and oxygen atoms in total. The van der Waals surface area contributed by atoms with Crippen LogP contribution in [0.25, 0.3) is 0 Å². The number of anilines is 1. The standard InChI is InChI=1S/C11H9N5/c1-2-4-8(5-3-1)16-11-9-10(13-6-12-9)14-7-15-11/h1-7,9H,(H,12,13,14,15,16). The quantitative estimate of drug-likeness (QED) is 0.748. The zero-order chi connectivity index (χ0) is 10.8. The van der Waals surface area contributed by atoms with Crippen molar-refractivity contribution < 1.29 is 0 Å². The Hall–Kier alpha value is -2.30. The molecule has 0 amide bonds. The maximum atomic E-state index is 4.20. The van der Waals surface area contributed by atoms with Crippen LogP contribution in [-0.2, 0) is 0 Å². The lowest BCUT2D eigenvalue weighted by molar-refractivity contribution is 1.13. The second-order valence-electron chi connectivity index (χ2n) is 3.40. The Balaban J connectivity index is 1.86. The van der Waals surface area contributed by atoms with Crippen molar-refractivity contribution in [3.8, 4) is 0 Å². The van der Waals surface area contributed by atoms with Gasteiger partial charge in [0.05, 0.1) is 0 Å². The summed E-state index contributed by atoms with van der Waals surface area (Å²) in [7, 11) is 0. The maximum Gasteiger partial charge on any atom is 0.169 e. The van der Waals surface area contributed by atoms with Crippen LogP contribution in [0.1, 0.15) is 0 Å². The van der Waals surface area contributed by atoms with E-state index in [0.717, 1.165) is 11.5 Å². The number of hydrogen-bond acceptors (Lipinski definition) is 5. The lowest BCUT2D eigenvalue weighted by Crippen LogP contribution is -2.33. The minimum atomic E-state index is -0.176. The smallest absolute Gasteiger partial charge is 0.169 e. The van der Waals surface area contributed by atoms with Crippen LogP contribution in [-0.4, -0.2) is 30.4 Å². The van der Waals surface area contributed by atoms with Gasteiger partial charge in [-0.15, -0.1) is 0 Å². The fourth-order valence-electron chi connectivity index (χ4n) is 1.58. The number of amidine groups is 2. The van der Waals surface area contributed by atoms with Gasteiger partial charge in [0.15, 0.2) is 11.9 Å². The number of nitrogens with zero attached hydrogens (tertiary/aromatic N) is 4. The highest BCUT2D eigenvalue weighted by molar-refractivity contribution is 6.23. The number of aliphatic imine (C=N–C) groups is 4. The average molecular weight is 211 g/mol. The third-order valence-corrected chi connectivity index (χ3v) is 2.34. The molecule has 1 unspecified atom stereocenters. The van der Waals surface area contributed by atoms with Gasteiger partial charge in [-0.3, -0.25) is 4.99 Å². The van der Waals surface area contributed by atoms with Crippen molar-refractivity contribution in [2.75, 3.05) is 5.32 Å². The van der Waals surface area contributed by atoms with Crippen LogP contribution in [0.15, 0.2) is 50.3 Å². The van der Waals surface area contributed by atoms with Crippen LogP contribution in [0.2, 0.25) is 0 Å². The summed E-state index contributed by atoms with van der Waals surface area (Å²) in [6, 6.07) is 9.67. The third kappa shape index (κ3) is 1.52. The predicted octanol–water partition coefficient (Wildman–Crippen LogP) is 1.35. The number of hydrogen-bond donors (Lipinski definition) is 1. The van der Waals surface area contributed by atoms with Gasteiger partial charge < -0.3 is 5.32 Å². The Kier molecular flexibility index (Phi) is 2.07. The summed E-state index contributed by atoms with van der Waals surface area (Å²) in [4.78, 5) is 16.5. The Morgan fingerprint density at radius 1 is 1.00 bits per heavy atom. The van der Waals surface area contributed by atoms with Crippen LogP contribution in [0.4, 0.5) is 5.69 Å². The van der Waals surface area contributed by atoms with E-state index in [0.29, 0.717) is 5.84 Å². The molecule has 0 saturated carbocycles. The molecule has 0 aliphatic carbocycles. The van der Waals surface area contributed by atoms with Gasteiger partial charge >= 0.3 is 0 Å². The van der Waals surface area contributed by atoms with Gasteiger partial charge in [-0.2, -0.15) is 0 Å². The van der Waals surface area contributed by atoms with E-state index in [1.807, 2.05) is 30.3 Å². The van der Waals surface area contributed by atoms with Crippen molar-refractivity contribution in [3.05, 3.63) is 30.3 Å². The van der Waals surface area contributed by atoms with E-state index < -0.39 is 0 Å². The molecular weight excluding hydrogens is 202 g/mol. The van der Waals surface area contributed by atoms with Crippen molar-refractivity contribution in [3.63, 3.8) is 0 Å². The minimum Gasteiger partial charge on any atom is -0.341 e. The van der Waals surface area contributed by atoms with Gasteiger partial charge in [0.25, 0.3) is 0 Å². The lowest BCUT2D eigenvalue weighted by atomic mass is 10.2. The summed E-state index contributed by atoms with van der Waals surface area (Å²) in [6.07, 6.45) is 3.01. The Bertz CT molecular complexity index is 512. The van der Waals surface area contributed by atoms with E-state index in [1.165, 1.54) is 12.7 Å². The Morgan fingerprint density at radius 2 is 1.88 bits per heavy atom. The molecule has 0 spiro atoms. The van der Waals surface area contributed by atoms with Crippen molar-refractivity contribution >= 4 is 30.0 Å². The summed E-state index contributed by atoms with van der Waals surface area (Å²) in [5, 5.41) is 3.22. The molecule has 0 saturated heterocycles. The topological polar surface area (TPSA) is 61.5 Å². The van der Waals surface area contributed by atoms with E-state index >= 15 is 0 Å². The summed E-state index contributed by atoms with van der Waals surface area (Å²) >= 11 is 0. The molecule has 0 aromatic heterocycles. The fraction of sp³-hybridized carbons (Fsp3) is 0.0909. The van der Waals surface area contributed by atoms with Gasteiger partial charge in [0.1, 0.15) is 18.5 Å². The lowest BCUT2D eigenvalue weighted by Gasteiger charge is -2.15. The molecular formula is C11H9N5. The highest BCUT2D eigenvalue weighted by Gasteiger charge is 2.25. The molecule has 1 aromatic rings. The van der Waals surface area contributed by atoms with Crippen LogP contribution >= 0.6 is 0 Å². The molecule has 1 atom stereocenters. The minimum absolute atomic E-state index is 0.176. The van der Waals surface area contributed by atoms with Crippen LogP contribution < -0.4 is 5.32 Å². The molecule has 0 bridgehead atoms. The van der Waals surface area contributed by atoms with Crippen LogP contribution in [0, 0.1) is 0 Å². The first-order valence-electron chi connectivity index (χ1n) is 4.95. The molecule has 1 N–H and O–H groups in total. The van der Waals surface area contributed by atoms with Crippen LogP contribution in [0.5, 0.6) is 0 Å². The molecule has 2 aliphatic heterocycles. The van der Waals surface area contributed by atoms with Gasteiger partial charge in [0, 0.05) is 5.69 Å². The monoisotopic (exact) mass is 211 g/mol. The fourth-order valence-corrected chi connectivity index (χ4v) is 1.58. The zero-order valence-electron chi connectivity index (χ0n) is 8.41. The zero-order valence-corrected chi connectivity index (χ0v) is 8.41. The van der Waals surface area contributed by atoms with E-state index in [1.54, 1.807) is 0 Å². The SMILES string of the molecule is C1=NC2=NC=NC2C(Nc2ccccc2)=N1. The summed E-state index contributed by atoms with van der Waals surface area (Å²) in [6.45, 7) is 0. The first-order valence-corrected chi connectivity index (χ1v) is 4.95. The molecule has 16 heavy (non-hydrogen) atoms. The highest BCUT2D eigenvalue weighted by Crippen LogP contribution is 2.12. The maximum absolute atomic E-state index is 4.20. The first-order chi connectivity index (χ1) is 7.93. The molecule has 2 heterocycles. The van der Waals surface area contributed by atoms with Gasteiger partial charge in [0.2, 0.25) is 0 Å². The highest BCUT2D eigenvalue weighted by atomic mass is 15.2. The van der Waals surface area contributed by atoms with Gasteiger partial charge in [-0.25, -0.2) is 15.0 Å². The average Bonchev–Trinajstić information content (AvgIpc) is 2.80. The van der Waals surface area contributed by atoms with Gasteiger partial charge in [-0.05, 0) is 12.1 Å². The molecule has 5 heteroatoms. The second-order valence-corrected chi connectivity index (χ2v) is 3.40. The molecule has 0 radical (unpaired) electrons. The van der Waals surface area contributed by atoms with Crippen molar-refractivity contribution in [1.82, 2.24) is 0 Å². The van der Waals surface area contributed by atoms with E-state index in [2.05, 4.69) is 25.3 Å². The molecule has 78 valence electrons. The number of nitrogens with one attached hydrogen (secondary N) is 1. The van der Waals surface area contributed by atoms with E-state index in [9.17, 15) is 0 Å². The third-order valence-electron chi connectivity index (χ3n) is 2.34. The van der Waals surface area contributed by atoms with Crippen LogP contribution in [0.3, 0.4) is 0 Å². The van der Waals surface area contributed by atoms with Crippen molar-refractivity contribution in [2.45, 2.75) is 6.04 Å². The Morgan fingerprint density at radius 3 is 2.75 bits per heavy atom.